The molecular weight excluding hydrogens is 307 g/mol. The summed E-state index contributed by atoms with van der Waals surface area (Å²) in [7, 11) is 4.00. The van der Waals surface area contributed by atoms with E-state index in [-0.39, 0.29) is 18.3 Å². The Morgan fingerprint density at radius 2 is 1.83 bits per heavy atom. The van der Waals surface area contributed by atoms with E-state index in [1.165, 1.54) is 12.1 Å². The van der Waals surface area contributed by atoms with Gasteiger partial charge in [0.15, 0.2) is 0 Å². The molecule has 0 radical (unpaired) electrons. The van der Waals surface area contributed by atoms with Gasteiger partial charge in [-0.05, 0) is 56.9 Å². The van der Waals surface area contributed by atoms with Crippen molar-refractivity contribution in [3.63, 3.8) is 0 Å². The van der Waals surface area contributed by atoms with E-state index in [0.29, 0.717) is 17.9 Å². The summed E-state index contributed by atoms with van der Waals surface area (Å²) in [5, 5.41) is 2.91. The monoisotopic (exact) mass is 330 g/mol. The maximum atomic E-state index is 12.9. The number of amides is 1. The molecule has 0 aliphatic heterocycles. The summed E-state index contributed by atoms with van der Waals surface area (Å²) in [6.07, 6.45) is 0.886. The lowest BCUT2D eigenvalue weighted by Crippen LogP contribution is -2.27. The summed E-state index contributed by atoms with van der Waals surface area (Å²) in [4.78, 5) is 14.4. The van der Waals surface area contributed by atoms with Crippen LogP contribution in [0.4, 0.5) is 4.39 Å². The number of halogens is 1. The second-order valence-electron chi connectivity index (χ2n) is 5.82. The van der Waals surface area contributed by atoms with Crippen LogP contribution in [0.25, 0.3) is 0 Å². The number of rotatable bonds is 8. The maximum Gasteiger partial charge on any atom is 0.255 e. The minimum atomic E-state index is -0.281. The highest BCUT2D eigenvalue weighted by Crippen LogP contribution is 2.19. The number of carbonyl (C=O) groups excluding carboxylic acids is 1. The fraction of sp³-hybridized carbons (Fsp3) is 0.316. The lowest BCUT2D eigenvalue weighted by Gasteiger charge is -2.13. The predicted molar refractivity (Wildman–Crippen MR) is 92.7 cm³/mol. The molecule has 0 aliphatic carbocycles. The third-order valence-electron chi connectivity index (χ3n) is 3.51. The van der Waals surface area contributed by atoms with Crippen molar-refractivity contribution < 1.29 is 13.9 Å². The first-order chi connectivity index (χ1) is 11.6. The highest BCUT2D eigenvalue weighted by molar-refractivity contribution is 5.96. The minimum Gasteiger partial charge on any atom is -0.488 e. The molecule has 0 fully saturated rings. The lowest BCUT2D eigenvalue weighted by atomic mass is 10.2. The minimum absolute atomic E-state index is 0.150. The molecule has 2 rings (SSSR count). The van der Waals surface area contributed by atoms with Crippen LogP contribution in [0.15, 0.2) is 48.5 Å². The Morgan fingerprint density at radius 1 is 1.12 bits per heavy atom. The zero-order chi connectivity index (χ0) is 17.4. The molecule has 24 heavy (non-hydrogen) atoms. The van der Waals surface area contributed by atoms with Gasteiger partial charge < -0.3 is 15.0 Å². The number of carbonyl (C=O) groups is 1. The molecule has 0 aliphatic rings. The van der Waals surface area contributed by atoms with Gasteiger partial charge in [-0.15, -0.1) is 0 Å². The summed E-state index contributed by atoms with van der Waals surface area (Å²) in [5.74, 6) is 0.0895. The second kappa shape index (κ2) is 9.03. The van der Waals surface area contributed by atoms with Crippen molar-refractivity contribution in [2.24, 2.45) is 0 Å². The Labute approximate surface area is 142 Å². The molecule has 2 aromatic rings. The van der Waals surface area contributed by atoms with Crippen molar-refractivity contribution in [2.45, 2.75) is 13.0 Å². The van der Waals surface area contributed by atoms with E-state index in [1.54, 1.807) is 30.3 Å². The summed E-state index contributed by atoms with van der Waals surface area (Å²) in [5.41, 5.74) is 1.35. The van der Waals surface area contributed by atoms with Crippen molar-refractivity contribution in [1.29, 1.82) is 0 Å². The molecule has 0 atom stereocenters. The van der Waals surface area contributed by atoms with Crippen LogP contribution in [0.3, 0.4) is 0 Å². The molecule has 128 valence electrons. The number of nitrogens with one attached hydrogen (secondary N) is 1. The third kappa shape index (κ3) is 5.66. The summed E-state index contributed by atoms with van der Waals surface area (Å²) in [6.45, 7) is 1.82. The Morgan fingerprint density at radius 3 is 2.54 bits per heavy atom. The standard InChI is InChI=1S/C19H23FN2O2/c1-22(2)13-5-12-21-19(23)17-6-3-4-7-18(17)24-14-15-8-10-16(20)11-9-15/h3-4,6-11H,5,12-14H2,1-2H3,(H,21,23). The maximum absolute atomic E-state index is 12.9. The number of nitrogens with zero attached hydrogens (tertiary/aromatic N) is 1. The van der Waals surface area contributed by atoms with Crippen molar-refractivity contribution in [3.8, 4) is 5.75 Å². The highest BCUT2D eigenvalue weighted by Gasteiger charge is 2.11. The summed E-state index contributed by atoms with van der Waals surface area (Å²) in [6, 6.07) is 13.2. The number of benzene rings is 2. The number of hydrogen-bond donors (Lipinski definition) is 1. The molecule has 0 bridgehead atoms. The van der Waals surface area contributed by atoms with Gasteiger partial charge in [0.2, 0.25) is 0 Å². The van der Waals surface area contributed by atoms with Crippen LogP contribution in [0.2, 0.25) is 0 Å². The first-order valence-corrected chi connectivity index (χ1v) is 7.95. The molecule has 2 aromatic carbocycles. The van der Waals surface area contributed by atoms with Gasteiger partial charge in [-0.25, -0.2) is 4.39 Å². The summed E-state index contributed by atoms with van der Waals surface area (Å²) >= 11 is 0. The van der Waals surface area contributed by atoms with Gasteiger partial charge in [0.1, 0.15) is 18.2 Å². The van der Waals surface area contributed by atoms with Crippen LogP contribution in [0.1, 0.15) is 22.3 Å². The topological polar surface area (TPSA) is 41.6 Å². The average molecular weight is 330 g/mol. The van der Waals surface area contributed by atoms with Crippen LogP contribution in [-0.2, 0) is 6.61 Å². The molecule has 1 amide bonds. The molecule has 0 saturated heterocycles. The van der Waals surface area contributed by atoms with Crippen molar-refractivity contribution in [1.82, 2.24) is 10.2 Å². The molecule has 0 spiro atoms. The molecule has 1 N–H and O–H groups in total. The van der Waals surface area contributed by atoms with Gasteiger partial charge in [-0.1, -0.05) is 24.3 Å². The highest BCUT2D eigenvalue weighted by atomic mass is 19.1. The van der Waals surface area contributed by atoms with Gasteiger partial charge in [0.05, 0.1) is 5.56 Å². The molecule has 5 heteroatoms. The Bertz CT molecular complexity index is 657. The molecule has 0 unspecified atom stereocenters. The van der Waals surface area contributed by atoms with Crippen molar-refractivity contribution in [2.75, 3.05) is 27.2 Å². The third-order valence-corrected chi connectivity index (χ3v) is 3.51. The fourth-order valence-corrected chi connectivity index (χ4v) is 2.21. The van der Waals surface area contributed by atoms with E-state index < -0.39 is 0 Å². The number of hydrogen-bond acceptors (Lipinski definition) is 3. The zero-order valence-corrected chi connectivity index (χ0v) is 14.1. The van der Waals surface area contributed by atoms with Crippen LogP contribution in [0, 0.1) is 5.82 Å². The molecular formula is C19H23FN2O2. The lowest BCUT2D eigenvalue weighted by molar-refractivity contribution is 0.0948. The van der Waals surface area contributed by atoms with Crippen molar-refractivity contribution >= 4 is 5.91 Å². The fourth-order valence-electron chi connectivity index (χ4n) is 2.21. The van der Waals surface area contributed by atoms with Crippen molar-refractivity contribution in [3.05, 3.63) is 65.5 Å². The zero-order valence-electron chi connectivity index (χ0n) is 14.1. The SMILES string of the molecule is CN(C)CCCNC(=O)c1ccccc1OCc1ccc(F)cc1. The second-order valence-corrected chi connectivity index (χ2v) is 5.82. The Balaban J connectivity index is 1.93. The van der Waals surface area contributed by atoms with E-state index in [4.69, 9.17) is 4.74 Å². The quantitative estimate of drug-likeness (QED) is 0.756. The van der Waals surface area contributed by atoms with Crippen LogP contribution >= 0.6 is 0 Å². The van der Waals surface area contributed by atoms with E-state index in [9.17, 15) is 9.18 Å². The van der Waals surface area contributed by atoms with E-state index in [1.807, 2.05) is 20.2 Å². The van der Waals surface area contributed by atoms with E-state index in [2.05, 4.69) is 10.2 Å². The molecule has 0 heterocycles. The number of para-hydroxylation sites is 1. The molecule has 0 aromatic heterocycles. The van der Waals surface area contributed by atoms with Gasteiger partial charge >= 0.3 is 0 Å². The van der Waals surface area contributed by atoms with Gasteiger partial charge in [-0.3, -0.25) is 4.79 Å². The largest absolute Gasteiger partial charge is 0.488 e. The normalized spacial score (nSPS) is 10.7. The first kappa shape index (κ1) is 17.9. The van der Waals surface area contributed by atoms with Gasteiger partial charge in [-0.2, -0.15) is 0 Å². The van der Waals surface area contributed by atoms with E-state index in [0.717, 1.165) is 18.5 Å². The van der Waals surface area contributed by atoms with Crippen LogP contribution in [-0.4, -0.2) is 38.0 Å². The first-order valence-electron chi connectivity index (χ1n) is 7.95. The van der Waals surface area contributed by atoms with E-state index >= 15 is 0 Å². The van der Waals surface area contributed by atoms with Crippen LogP contribution in [0.5, 0.6) is 5.75 Å². The Hall–Kier alpha value is -2.40. The average Bonchev–Trinajstić information content (AvgIpc) is 2.58. The number of ether oxygens (including phenoxy) is 1. The molecule has 0 saturated carbocycles. The Kier molecular flexibility index (Phi) is 6.75. The smallest absolute Gasteiger partial charge is 0.255 e. The predicted octanol–water partition coefficient (Wildman–Crippen LogP) is 3.09. The van der Waals surface area contributed by atoms with Crippen LogP contribution < -0.4 is 10.1 Å². The van der Waals surface area contributed by atoms with Gasteiger partial charge in [0.25, 0.3) is 5.91 Å². The molecule has 4 nitrogen and oxygen atoms in total. The van der Waals surface area contributed by atoms with Gasteiger partial charge in [0, 0.05) is 6.54 Å². The summed E-state index contributed by atoms with van der Waals surface area (Å²) < 4.78 is 18.7.